The van der Waals surface area contributed by atoms with Crippen molar-refractivity contribution < 1.29 is 62.8 Å². The molecule has 4 N–H and O–H groups in total. The first-order valence-electron chi connectivity index (χ1n) is 38.3. The van der Waals surface area contributed by atoms with E-state index in [4.69, 9.17) is 24.1 Å². The van der Waals surface area contributed by atoms with E-state index in [1.54, 1.807) is 43.7 Å². The first kappa shape index (κ1) is 91.0. The van der Waals surface area contributed by atoms with E-state index in [0.29, 0.717) is 66.9 Å². The Balaban J connectivity index is 0.000000241. The van der Waals surface area contributed by atoms with Crippen molar-refractivity contribution >= 4 is 67.9 Å². The first-order chi connectivity index (χ1) is 52.2. The zero-order valence-corrected chi connectivity index (χ0v) is 68.3. The van der Waals surface area contributed by atoms with E-state index >= 15 is 0 Å². The maximum atomic E-state index is 13.6. The van der Waals surface area contributed by atoms with Crippen LogP contribution in [-0.4, -0.2) is 131 Å². The highest BCUT2D eigenvalue weighted by Crippen LogP contribution is 2.34. The molecule has 2 atom stereocenters. The number of benzene rings is 5. The number of carboxylic acid groups (broad SMARTS) is 1. The number of amides is 1. The van der Waals surface area contributed by atoms with Crippen LogP contribution in [0.1, 0.15) is 216 Å². The second kappa shape index (κ2) is 46.1. The van der Waals surface area contributed by atoms with Crippen molar-refractivity contribution in [1.82, 2.24) is 34.0 Å². The summed E-state index contributed by atoms with van der Waals surface area (Å²) in [5.74, 6) is 3.37. The van der Waals surface area contributed by atoms with E-state index < -0.39 is 40.3 Å². The van der Waals surface area contributed by atoms with Crippen molar-refractivity contribution in [3.63, 3.8) is 0 Å². The highest BCUT2D eigenvalue weighted by Gasteiger charge is 2.30. The number of hydrogen-bond donors (Lipinski definition) is 4. The van der Waals surface area contributed by atoms with Crippen molar-refractivity contribution in [1.29, 1.82) is 0 Å². The van der Waals surface area contributed by atoms with Gasteiger partial charge in [0.1, 0.15) is 53.5 Å². The molecular weight excluding hydrogens is 1420 g/mol. The Labute approximate surface area is 653 Å². The molecular formula is C86H118FN9O13S. The molecule has 0 bridgehead atoms. The molecule has 1 aliphatic heterocycles. The minimum atomic E-state index is -0.679. The summed E-state index contributed by atoms with van der Waals surface area (Å²) >= 11 is 1.61. The predicted octanol–water partition coefficient (Wildman–Crippen LogP) is 19.5. The van der Waals surface area contributed by atoms with Crippen LogP contribution in [0.25, 0.3) is 37.2 Å². The average Bonchev–Trinajstić information content (AvgIpc) is 1.62. The highest BCUT2D eigenvalue weighted by molar-refractivity contribution is 7.21. The molecule has 1 aliphatic rings. The lowest BCUT2D eigenvalue weighted by atomic mass is 9.87. The molecule has 0 saturated carbocycles. The van der Waals surface area contributed by atoms with Gasteiger partial charge in [0, 0.05) is 25.9 Å². The summed E-state index contributed by atoms with van der Waals surface area (Å²) in [6.45, 7) is 33.1. The average molecular weight is 1540 g/mol. The molecule has 110 heavy (non-hydrogen) atoms. The number of ether oxygens (including phenoxy) is 4. The van der Waals surface area contributed by atoms with Crippen LogP contribution in [0.2, 0.25) is 0 Å². The van der Waals surface area contributed by atoms with Gasteiger partial charge in [-0.2, -0.15) is 0 Å². The van der Waals surface area contributed by atoms with E-state index in [-0.39, 0.29) is 42.2 Å². The van der Waals surface area contributed by atoms with Crippen LogP contribution < -0.4 is 14.8 Å². The van der Waals surface area contributed by atoms with Gasteiger partial charge in [-0.1, -0.05) is 156 Å². The third kappa shape index (κ3) is 31.0. The molecule has 1 amide bonds. The predicted molar refractivity (Wildman–Crippen MR) is 436 cm³/mol. The van der Waals surface area contributed by atoms with Gasteiger partial charge in [-0.05, 0) is 189 Å². The molecule has 9 aromatic rings. The number of unbranched alkanes of at least 4 members (excludes halogenated alkanes) is 2. The summed E-state index contributed by atoms with van der Waals surface area (Å²) in [5, 5.41) is 45.4. The number of hydrogen-bond acceptors (Lipinski definition) is 18. The van der Waals surface area contributed by atoms with E-state index in [1.165, 1.54) is 82.0 Å². The molecule has 10 rings (SSSR count). The van der Waals surface area contributed by atoms with Crippen molar-refractivity contribution in [2.24, 2.45) is 35.0 Å². The fraction of sp³-hybridized carbons (Fsp3) is 0.488. The topological polar surface area (TPSA) is 286 Å². The Morgan fingerprint density at radius 2 is 1.36 bits per heavy atom. The molecule has 1 unspecified atom stereocenters. The van der Waals surface area contributed by atoms with Crippen molar-refractivity contribution in [3.05, 3.63) is 184 Å². The number of esters is 2. The number of pyridine rings is 1. The van der Waals surface area contributed by atoms with Crippen LogP contribution in [0.15, 0.2) is 140 Å². The second-order valence-corrected chi connectivity index (χ2v) is 31.5. The fourth-order valence-corrected chi connectivity index (χ4v) is 12.3. The number of anilines is 1. The molecule has 0 radical (unpaired) electrons. The standard InChI is InChI=1S/C19H23N3O2S.C18H20FN3O3.C16H20O.C12H16O2.C12H24O2.C9H15N3O3/c1-12(2)8-14(23)11-24-15-5-6-16-17(9-15)25-19(22-16)13-4-7-18(20-3)21-10-13;1-11(2)6-7-25-18(24)16-15-9-21(3)17(23)13-8-12(19)4-5-14(13)22(15)10-20-16;1-13(2)6-5-11-17-16-10-9-14-7-3-4-8-15(14)12-16;1-4-14-12(13)11-7-5-10(6-8-11)9(2)3;1-10(2)8-6-5-7-9-12(3,4)11(13)14;1-7(2)5-8(13)6-11-4-3-10-9(11)12(14)15/h4-7,9-10,12,14,23H,8,11H2,1-3H3,(H,20,21);4-5,8,10-11H,6-7,9H2,1-3H3;3-4,7-10,12-13H,5-6,11H2,1-2H3;5-9H,4H2,1-3H3;10H,5-9H2,1-4H3,(H,13,14);3-4,7-8,13H,5-6H2,1-2H3/t14-;;;;;/m1...../s1. The van der Waals surface area contributed by atoms with Gasteiger partial charge in [-0.15, -0.1) is 11.3 Å². The molecule has 5 heterocycles. The quantitative estimate of drug-likeness (QED) is 0.0136. The lowest BCUT2D eigenvalue weighted by molar-refractivity contribution is -0.397. The third-order valence-corrected chi connectivity index (χ3v) is 18.7. The largest absolute Gasteiger partial charge is 0.494 e. The number of aliphatic hydroxyl groups is 2. The molecule has 4 aromatic heterocycles. The summed E-state index contributed by atoms with van der Waals surface area (Å²) in [5.41, 5.74) is 4.71. The Morgan fingerprint density at radius 3 is 1.98 bits per heavy atom. The minimum absolute atomic E-state index is 0.181. The van der Waals surface area contributed by atoms with Crippen LogP contribution >= 0.6 is 11.3 Å². The van der Waals surface area contributed by atoms with Gasteiger partial charge in [0.2, 0.25) is 0 Å². The minimum Gasteiger partial charge on any atom is -0.494 e. The Morgan fingerprint density at radius 1 is 0.709 bits per heavy atom. The number of fused-ring (bicyclic) bond motifs is 5. The van der Waals surface area contributed by atoms with Gasteiger partial charge in [-0.25, -0.2) is 33.5 Å². The van der Waals surface area contributed by atoms with E-state index in [0.717, 1.165) is 95.1 Å². The van der Waals surface area contributed by atoms with Crippen LogP contribution in [0.4, 0.5) is 16.2 Å². The van der Waals surface area contributed by atoms with Crippen LogP contribution in [0.3, 0.4) is 0 Å². The van der Waals surface area contributed by atoms with Crippen LogP contribution in [0.5, 0.6) is 11.5 Å². The molecule has 0 aliphatic carbocycles. The zero-order chi connectivity index (χ0) is 81.2. The van der Waals surface area contributed by atoms with Crippen LogP contribution in [-0.2, 0) is 27.4 Å². The van der Waals surface area contributed by atoms with Gasteiger partial charge in [0.05, 0.1) is 83.3 Å². The normalized spacial score (nSPS) is 12.2. The van der Waals surface area contributed by atoms with E-state index in [9.17, 15) is 43.9 Å². The number of carbonyl (C=O) groups excluding carboxylic acids is 3. The van der Waals surface area contributed by atoms with Gasteiger partial charge in [0.25, 0.3) is 5.91 Å². The smallest absolute Gasteiger partial charge is 0.434 e. The number of rotatable bonds is 31. The summed E-state index contributed by atoms with van der Waals surface area (Å²) in [4.78, 5) is 75.1. The SMILES string of the molecule is CC(C)CC(O)Cn1ccnc1[N+](=O)[O-].CC(C)CCCCCC(C)(C)C(=O)O.CC(C)CCCOc1ccc2ccccc2c1.CC(C)CCOC(=O)c1ncn2c1CN(C)C(=O)c1cc(F)ccc1-2.CCOC(=O)c1ccc(C(C)C)cc1.CNc1ccc(-c2nc3ccc(OC[C@H](O)CC(C)C)cc3s2)cn1. The van der Waals surface area contributed by atoms with Crippen molar-refractivity contribution in [2.45, 2.75) is 199 Å². The third-order valence-electron chi connectivity index (χ3n) is 17.7. The number of nitrogens with zero attached hydrogens (tertiary/aromatic N) is 8. The number of aliphatic carboxylic acids is 1. The molecule has 24 heteroatoms. The van der Waals surface area contributed by atoms with Gasteiger partial charge in [0.15, 0.2) is 5.69 Å². The molecule has 22 nitrogen and oxygen atoms in total. The van der Waals surface area contributed by atoms with E-state index in [2.05, 4.69) is 123 Å². The number of aliphatic hydroxyl groups excluding tert-OH is 2. The molecule has 598 valence electrons. The molecule has 0 saturated heterocycles. The van der Waals surface area contributed by atoms with Gasteiger partial charge >= 0.3 is 23.9 Å². The summed E-state index contributed by atoms with van der Waals surface area (Å²) in [6.07, 6.45) is 15.1. The van der Waals surface area contributed by atoms with Gasteiger partial charge in [-0.3, -0.25) is 14.2 Å². The lowest BCUT2D eigenvalue weighted by Crippen LogP contribution is -2.26. The highest BCUT2D eigenvalue weighted by atomic mass is 32.1. The van der Waals surface area contributed by atoms with Crippen molar-refractivity contribution in [2.75, 3.05) is 45.8 Å². The fourth-order valence-electron chi connectivity index (χ4n) is 11.4. The Hall–Kier alpha value is -9.65. The molecule has 5 aromatic carbocycles. The van der Waals surface area contributed by atoms with E-state index in [1.807, 2.05) is 95.5 Å². The number of carboxylic acids is 1. The number of thiazole rings is 1. The number of carbonyl (C=O) groups is 4. The lowest BCUT2D eigenvalue weighted by Gasteiger charge is -2.18. The zero-order valence-electron chi connectivity index (χ0n) is 67.5. The maximum Gasteiger partial charge on any atom is 0.434 e. The summed E-state index contributed by atoms with van der Waals surface area (Å²) < 4.78 is 39.3. The number of halogens is 1. The number of nitro groups is 1. The number of nitrogens with one attached hydrogen (secondary N) is 1. The summed E-state index contributed by atoms with van der Waals surface area (Å²) in [6, 6.07) is 36.0. The monoisotopic (exact) mass is 1540 g/mol. The first-order valence-corrected chi connectivity index (χ1v) is 39.1. The second-order valence-electron chi connectivity index (χ2n) is 30.5. The molecule has 0 fully saturated rings. The number of imidazole rings is 2. The van der Waals surface area contributed by atoms with Crippen molar-refractivity contribution in [3.8, 4) is 27.8 Å². The number of aromatic nitrogens is 6. The Kier molecular flexibility index (Phi) is 38.1. The van der Waals surface area contributed by atoms with Gasteiger partial charge < -0.3 is 54.6 Å². The Bertz CT molecular complexity index is 4280. The maximum absolute atomic E-state index is 13.6. The molecule has 0 spiro atoms. The van der Waals surface area contributed by atoms with Crippen LogP contribution in [0, 0.1) is 50.9 Å². The summed E-state index contributed by atoms with van der Waals surface area (Å²) in [7, 11) is 3.45.